The quantitative estimate of drug-likeness (QED) is 0.592. The maximum Gasteiger partial charge on any atom is 0.289 e. The second-order valence-corrected chi connectivity index (χ2v) is 21.1. The van der Waals surface area contributed by atoms with Gasteiger partial charge < -0.3 is 9.30 Å². The van der Waals surface area contributed by atoms with Crippen molar-refractivity contribution in [2.24, 2.45) is 0 Å². The fourth-order valence-corrected chi connectivity index (χ4v) is 18.2. The van der Waals surface area contributed by atoms with E-state index in [1.54, 1.807) is 0 Å². The van der Waals surface area contributed by atoms with Gasteiger partial charge in [-0.3, -0.25) is 0 Å². The van der Waals surface area contributed by atoms with E-state index in [0.29, 0.717) is 0 Å². The predicted molar refractivity (Wildman–Crippen MR) is 75.1 cm³/mol. The van der Waals surface area contributed by atoms with Gasteiger partial charge >= 0.3 is 0 Å². The summed E-state index contributed by atoms with van der Waals surface area (Å²) in [5.74, 6) is 0. The van der Waals surface area contributed by atoms with Gasteiger partial charge in [-0.05, 0) is 6.04 Å². The third-order valence-electron chi connectivity index (χ3n) is 1.63. The first-order chi connectivity index (χ1) is 5.97. The molecule has 0 aromatic heterocycles. The van der Waals surface area contributed by atoms with Crippen molar-refractivity contribution in [1.82, 2.24) is 9.30 Å². The van der Waals surface area contributed by atoms with Crippen LogP contribution in [0.5, 0.6) is 0 Å². The van der Waals surface area contributed by atoms with E-state index < -0.39 is 24.2 Å². The number of hydrogen-bond acceptors (Lipinski definition) is 2. The van der Waals surface area contributed by atoms with E-state index >= 15 is 0 Å². The van der Waals surface area contributed by atoms with Gasteiger partial charge in [-0.1, -0.05) is 46.2 Å². The number of hydrogen-bond donors (Lipinski definition) is 2. The Labute approximate surface area is 96.9 Å². The largest absolute Gasteiger partial charge is 0.336 e. The van der Waals surface area contributed by atoms with Gasteiger partial charge in [0.15, 0.2) is 0 Å². The molecule has 0 spiro atoms. The highest BCUT2D eigenvalue weighted by molar-refractivity contribution is 7.24. The molecule has 0 fully saturated rings. The Morgan fingerprint density at radius 3 is 1.29 bits per heavy atom. The summed E-state index contributed by atoms with van der Waals surface area (Å²) in [6.07, 6.45) is 0. The van der Waals surface area contributed by atoms with E-state index in [1.807, 2.05) is 0 Å². The maximum atomic E-state index is 6.68. The molecule has 14 heavy (non-hydrogen) atoms. The molecule has 0 saturated heterocycles. The molecule has 0 radical (unpaired) electrons. The Morgan fingerprint density at radius 2 is 1.14 bits per heavy atom. The molecule has 0 saturated carbocycles. The fourth-order valence-electron chi connectivity index (χ4n) is 1.40. The first kappa shape index (κ1) is 14.9. The van der Waals surface area contributed by atoms with E-state index in [4.69, 9.17) is 11.1 Å². The van der Waals surface area contributed by atoms with Crippen LogP contribution in [0.1, 0.15) is 6.92 Å². The Hall–Kier alpha value is 0.861. The van der Waals surface area contributed by atoms with Crippen LogP contribution < -0.4 is 9.30 Å². The van der Waals surface area contributed by atoms with E-state index in [1.165, 1.54) is 0 Å². The van der Waals surface area contributed by atoms with Crippen LogP contribution in [-0.2, 0) is 0 Å². The summed E-state index contributed by atoms with van der Waals surface area (Å²) in [6, 6.07) is 1.04. The standard InChI is InChI=1S/C8H25ClN2Si3/c1-8-14(9,10-12(2,3)4)11-13(5,6)7/h10-11H,8H2,1-7H3. The Kier molecular flexibility index (Phi) is 5.09. The normalized spacial score (nSPS) is 14.6. The van der Waals surface area contributed by atoms with Gasteiger partial charge in [-0.15, -0.1) is 11.1 Å². The molecule has 2 N–H and O–H groups in total. The number of nitrogens with one attached hydrogen (secondary N) is 2. The Balaban J connectivity index is 4.49. The van der Waals surface area contributed by atoms with E-state index in [2.05, 4.69) is 55.5 Å². The highest BCUT2D eigenvalue weighted by Gasteiger charge is 2.37. The van der Waals surface area contributed by atoms with Crippen LogP contribution in [0.3, 0.4) is 0 Å². The molecule has 0 aliphatic rings. The zero-order chi connectivity index (χ0) is 11.6. The summed E-state index contributed by atoms with van der Waals surface area (Å²) in [7, 11) is -4.45. The molecule has 2 nitrogen and oxygen atoms in total. The molecule has 0 bridgehead atoms. The molecule has 86 valence electrons. The lowest BCUT2D eigenvalue weighted by Crippen LogP contribution is -2.70. The third kappa shape index (κ3) is 7.19. The minimum Gasteiger partial charge on any atom is -0.336 e. The molecule has 0 heterocycles. The second-order valence-electron chi connectivity index (χ2n) is 5.90. The molecule has 0 unspecified atom stereocenters. The van der Waals surface area contributed by atoms with Crippen molar-refractivity contribution in [1.29, 1.82) is 0 Å². The van der Waals surface area contributed by atoms with Gasteiger partial charge in [0.05, 0.1) is 0 Å². The monoisotopic (exact) mass is 268 g/mol. The van der Waals surface area contributed by atoms with Gasteiger partial charge in [0.2, 0.25) is 0 Å². The lowest BCUT2D eigenvalue weighted by molar-refractivity contribution is 1.16. The summed E-state index contributed by atoms with van der Waals surface area (Å²) >= 11 is 6.68. The van der Waals surface area contributed by atoms with Crippen molar-refractivity contribution >= 4 is 35.3 Å². The van der Waals surface area contributed by atoms with Crippen LogP contribution in [0.4, 0.5) is 0 Å². The summed E-state index contributed by atoms with van der Waals surface area (Å²) in [6.45, 7) is 16.0. The van der Waals surface area contributed by atoms with Gasteiger partial charge in [-0.2, -0.15) is 0 Å². The molecular weight excluding hydrogens is 244 g/mol. The number of halogens is 1. The smallest absolute Gasteiger partial charge is 0.289 e. The highest BCUT2D eigenvalue weighted by Crippen LogP contribution is 2.14. The minimum atomic E-state index is -1.90. The highest BCUT2D eigenvalue weighted by atomic mass is 35.6. The van der Waals surface area contributed by atoms with Gasteiger partial charge in [-0.25, -0.2) is 0 Å². The zero-order valence-corrected chi connectivity index (χ0v) is 14.3. The zero-order valence-electron chi connectivity index (χ0n) is 10.6. The summed E-state index contributed by atoms with van der Waals surface area (Å²) in [5, 5.41) is 0. The van der Waals surface area contributed by atoms with Gasteiger partial charge in [0.1, 0.15) is 16.5 Å². The summed E-state index contributed by atoms with van der Waals surface area (Å²) < 4.78 is 7.41. The summed E-state index contributed by atoms with van der Waals surface area (Å²) in [4.78, 5) is 0. The van der Waals surface area contributed by atoms with Crippen molar-refractivity contribution < 1.29 is 0 Å². The average molecular weight is 269 g/mol. The van der Waals surface area contributed by atoms with Crippen LogP contribution in [-0.4, -0.2) is 24.2 Å². The third-order valence-corrected chi connectivity index (χ3v) is 14.3. The topological polar surface area (TPSA) is 24.1 Å². The van der Waals surface area contributed by atoms with Gasteiger partial charge in [0.25, 0.3) is 7.71 Å². The first-order valence-corrected chi connectivity index (χ1v) is 15.5. The van der Waals surface area contributed by atoms with Crippen molar-refractivity contribution in [2.75, 3.05) is 0 Å². The van der Waals surface area contributed by atoms with Gasteiger partial charge in [0, 0.05) is 0 Å². The van der Waals surface area contributed by atoms with E-state index in [0.717, 1.165) is 6.04 Å². The number of rotatable bonds is 5. The Bertz CT molecular complexity index is 170. The molecule has 0 atom stereocenters. The van der Waals surface area contributed by atoms with Crippen molar-refractivity contribution in [3.05, 3.63) is 0 Å². The van der Waals surface area contributed by atoms with Crippen LogP contribution >= 0.6 is 11.1 Å². The molecule has 0 aliphatic heterocycles. The van der Waals surface area contributed by atoms with Crippen molar-refractivity contribution in [3.63, 3.8) is 0 Å². The molecule has 0 aromatic carbocycles. The van der Waals surface area contributed by atoms with E-state index in [-0.39, 0.29) is 0 Å². The molecule has 0 rings (SSSR count). The molecular formula is C8H25ClN2Si3. The average Bonchev–Trinajstić information content (AvgIpc) is 1.78. The van der Waals surface area contributed by atoms with Crippen LogP contribution in [0.25, 0.3) is 0 Å². The van der Waals surface area contributed by atoms with Crippen molar-refractivity contribution in [3.8, 4) is 0 Å². The van der Waals surface area contributed by atoms with Crippen LogP contribution in [0.15, 0.2) is 0 Å². The van der Waals surface area contributed by atoms with Crippen molar-refractivity contribution in [2.45, 2.75) is 52.2 Å². The lowest BCUT2D eigenvalue weighted by atomic mass is 11.0. The van der Waals surface area contributed by atoms with E-state index in [9.17, 15) is 0 Å². The minimum absolute atomic E-state index is 1.04. The van der Waals surface area contributed by atoms with Crippen LogP contribution in [0.2, 0.25) is 45.3 Å². The molecule has 0 aliphatic carbocycles. The predicted octanol–water partition coefficient (Wildman–Crippen LogP) is 3.03. The Morgan fingerprint density at radius 1 is 0.857 bits per heavy atom. The SMILES string of the molecule is CC[Si](Cl)(N[Si](C)(C)C)N[Si](C)(C)C. The fraction of sp³-hybridized carbons (Fsp3) is 1.00. The first-order valence-electron chi connectivity index (χ1n) is 5.25. The molecule has 6 heteroatoms. The summed E-state index contributed by atoms with van der Waals surface area (Å²) in [5.41, 5.74) is 0. The molecule has 0 aromatic rings. The second kappa shape index (κ2) is 4.80. The molecule has 0 amide bonds. The lowest BCUT2D eigenvalue weighted by Gasteiger charge is -2.37. The maximum absolute atomic E-state index is 6.68. The van der Waals surface area contributed by atoms with Crippen LogP contribution in [0, 0.1) is 0 Å².